The van der Waals surface area contributed by atoms with Crippen LogP contribution in [0.25, 0.3) is 0 Å². The van der Waals surface area contributed by atoms with Gasteiger partial charge in [-0.05, 0) is 48.6 Å². The fourth-order valence-corrected chi connectivity index (χ4v) is 5.18. The molecule has 0 saturated heterocycles. The van der Waals surface area contributed by atoms with Gasteiger partial charge in [0.2, 0.25) is 6.79 Å². The molecule has 0 fully saturated rings. The summed E-state index contributed by atoms with van der Waals surface area (Å²) in [6.45, 7) is 6.60. The second-order valence-electron chi connectivity index (χ2n) is 9.17. The molecule has 0 spiro atoms. The first kappa shape index (κ1) is 20.5. The van der Waals surface area contributed by atoms with Gasteiger partial charge in [-0.1, -0.05) is 13.8 Å². The average molecular weight is 437 g/mol. The Hall–Kier alpha value is -3.35. The quantitative estimate of drug-likeness (QED) is 0.732. The van der Waals surface area contributed by atoms with Gasteiger partial charge in [-0.15, -0.1) is 0 Å². The van der Waals surface area contributed by atoms with Gasteiger partial charge in [0.25, 0.3) is 5.91 Å². The Morgan fingerprint density at radius 3 is 2.34 bits per heavy atom. The minimum absolute atomic E-state index is 0.0641. The minimum atomic E-state index is -0.490. The van der Waals surface area contributed by atoms with Crippen molar-refractivity contribution in [2.75, 3.05) is 26.3 Å². The summed E-state index contributed by atoms with van der Waals surface area (Å²) in [6, 6.07) is 9.69. The molecule has 2 atom stereocenters. The maximum atomic E-state index is 13.4. The Morgan fingerprint density at radius 2 is 1.72 bits per heavy atom. The highest BCUT2D eigenvalue weighted by atomic mass is 16.7. The van der Waals surface area contributed by atoms with E-state index < -0.39 is 5.54 Å². The molecule has 2 aromatic carbocycles. The van der Waals surface area contributed by atoms with E-state index in [-0.39, 0.29) is 18.6 Å². The van der Waals surface area contributed by atoms with Crippen molar-refractivity contribution in [3.8, 4) is 23.0 Å². The van der Waals surface area contributed by atoms with Gasteiger partial charge < -0.3 is 29.6 Å². The monoisotopic (exact) mass is 436 g/mol. The molecule has 0 bridgehead atoms. The number of hydrogen-bond donors (Lipinski definition) is 2. The summed E-state index contributed by atoms with van der Waals surface area (Å²) in [5.41, 5.74) is 3.91. The van der Waals surface area contributed by atoms with Gasteiger partial charge in [0.1, 0.15) is 11.5 Å². The van der Waals surface area contributed by atoms with Gasteiger partial charge in [0, 0.05) is 23.7 Å². The number of benzene rings is 2. The lowest BCUT2D eigenvalue weighted by molar-refractivity contribution is -0.117. The summed E-state index contributed by atoms with van der Waals surface area (Å²) in [4.78, 5) is 13.4. The van der Waals surface area contributed by atoms with Gasteiger partial charge in [0.15, 0.2) is 11.5 Å². The molecule has 7 heteroatoms. The highest BCUT2D eigenvalue weighted by molar-refractivity contribution is 6.03. The van der Waals surface area contributed by atoms with E-state index in [0.29, 0.717) is 28.9 Å². The van der Waals surface area contributed by atoms with Crippen molar-refractivity contribution in [1.29, 1.82) is 0 Å². The van der Waals surface area contributed by atoms with Crippen LogP contribution in [0.4, 0.5) is 5.69 Å². The van der Waals surface area contributed by atoms with E-state index in [4.69, 9.17) is 18.9 Å². The molecular formula is C25H28N2O5. The first-order chi connectivity index (χ1) is 15.3. The van der Waals surface area contributed by atoms with E-state index in [0.717, 1.165) is 34.5 Å². The van der Waals surface area contributed by atoms with Crippen molar-refractivity contribution in [1.82, 2.24) is 5.32 Å². The van der Waals surface area contributed by atoms with Crippen LogP contribution in [-0.2, 0) is 4.79 Å². The second kappa shape index (κ2) is 7.36. The zero-order valence-corrected chi connectivity index (χ0v) is 19.0. The Balaban J connectivity index is 1.75. The number of fused-ring (bicyclic) bond motifs is 2. The molecular weight excluding hydrogens is 408 g/mol. The molecule has 3 aliphatic rings. The van der Waals surface area contributed by atoms with Gasteiger partial charge in [-0.25, -0.2) is 0 Å². The van der Waals surface area contributed by atoms with Crippen LogP contribution in [0.15, 0.2) is 41.6 Å². The predicted molar refractivity (Wildman–Crippen MR) is 121 cm³/mol. The van der Waals surface area contributed by atoms with Crippen molar-refractivity contribution in [3.05, 3.63) is 52.7 Å². The third-order valence-corrected chi connectivity index (χ3v) is 6.38. The molecule has 0 aromatic heterocycles. The van der Waals surface area contributed by atoms with Gasteiger partial charge >= 0.3 is 0 Å². The summed E-state index contributed by atoms with van der Waals surface area (Å²) in [7, 11) is 3.25. The molecule has 7 nitrogen and oxygen atoms in total. The topological polar surface area (TPSA) is 78.1 Å². The van der Waals surface area contributed by atoms with Gasteiger partial charge in [-0.3, -0.25) is 4.79 Å². The highest BCUT2D eigenvalue weighted by Gasteiger charge is 2.48. The standard InChI is InChI=1S/C25H28N2O5/c1-13(2)11-25(3)23-22(24(28)27-25)21(14-6-15(29-4)8-16(7-14)30-5)17-9-19-20(32-12-31-19)10-18(17)26-23/h6-10,13,21,26H,11-12H2,1-5H3,(H,27,28). The molecule has 0 saturated carbocycles. The van der Waals surface area contributed by atoms with Crippen molar-refractivity contribution >= 4 is 11.6 Å². The van der Waals surface area contributed by atoms with Crippen LogP contribution in [0.5, 0.6) is 23.0 Å². The van der Waals surface area contributed by atoms with Crippen molar-refractivity contribution in [2.24, 2.45) is 5.92 Å². The third kappa shape index (κ3) is 3.15. The third-order valence-electron chi connectivity index (χ3n) is 6.38. The number of carbonyl (C=O) groups is 1. The number of amides is 1. The second-order valence-corrected chi connectivity index (χ2v) is 9.17. The van der Waals surface area contributed by atoms with Crippen LogP contribution in [0.3, 0.4) is 0 Å². The van der Waals surface area contributed by atoms with E-state index in [2.05, 4.69) is 31.4 Å². The first-order valence-electron chi connectivity index (χ1n) is 10.8. The Kier molecular flexibility index (Phi) is 4.73. The molecule has 32 heavy (non-hydrogen) atoms. The van der Waals surface area contributed by atoms with Crippen LogP contribution < -0.4 is 29.6 Å². The highest BCUT2D eigenvalue weighted by Crippen LogP contribution is 2.52. The van der Waals surface area contributed by atoms with Crippen molar-refractivity contribution in [2.45, 2.75) is 38.6 Å². The Labute approximate surface area is 187 Å². The lowest BCUT2D eigenvalue weighted by Gasteiger charge is -2.34. The molecule has 2 aromatic rings. The van der Waals surface area contributed by atoms with Crippen LogP contribution in [0, 0.1) is 5.92 Å². The Morgan fingerprint density at radius 1 is 1.06 bits per heavy atom. The van der Waals surface area contributed by atoms with Crippen molar-refractivity contribution < 1.29 is 23.7 Å². The van der Waals surface area contributed by atoms with E-state index in [1.807, 2.05) is 30.3 Å². The van der Waals surface area contributed by atoms with E-state index in [1.165, 1.54) is 0 Å². The zero-order chi connectivity index (χ0) is 22.6. The van der Waals surface area contributed by atoms with Crippen LogP contribution in [-0.4, -0.2) is 32.5 Å². The van der Waals surface area contributed by atoms with Crippen LogP contribution in [0.2, 0.25) is 0 Å². The lowest BCUT2D eigenvalue weighted by Crippen LogP contribution is -2.44. The molecule has 0 aliphatic carbocycles. The van der Waals surface area contributed by atoms with Crippen LogP contribution in [0.1, 0.15) is 44.2 Å². The number of ether oxygens (including phenoxy) is 4. The molecule has 2 unspecified atom stereocenters. The summed E-state index contributed by atoms with van der Waals surface area (Å²) in [5.74, 6) is 2.75. The molecule has 0 radical (unpaired) electrons. The van der Waals surface area contributed by atoms with E-state index in [9.17, 15) is 4.79 Å². The maximum Gasteiger partial charge on any atom is 0.250 e. The number of anilines is 1. The number of nitrogens with one attached hydrogen (secondary N) is 2. The fraction of sp³-hybridized carbons (Fsp3) is 0.400. The number of hydrogen-bond acceptors (Lipinski definition) is 6. The SMILES string of the molecule is COc1cc(OC)cc(C2C3=C(Nc4cc5c(cc42)OCO5)C(C)(CC(C)C)NC3=O)c1. The first-order valence-corrected chi connectivity index (χ1v) is 10.8. The summed E-state index contributed by atoms with van der Waals surface area (Å²) in [6.07, 6.45) is 0.818. The van der Waals surface area contributed by atoms with Crippen molar-refractivity contribution in [3.63, 3.8) is 0 Å². The lowest BCUT2D eigenvalue weighted by atomic mass is 9.77. The zero-order valence-electron chi connectivity index (χ0n) is 19.0. The molecule has 168 valence electrons. The van der Waals surface area contributed by atoms with Gasteiger partial charge in [0.05, 0.1) is 31.0 Å². The molecule has 1 amide bonds. The summed E-state index contributed by atoms with van der Waals surface area (Å²) < 4.78 is 22.3. The summed E-state index contributed by atoms with van der Waals surface area (Å²) >= 11 is 0. The van der Waals surface area contributed by atoms with Gasteiger partial charge in [-0.2, -0.15) is 0 Å². The minimum Gasteiger partial charge on any atom is -0.497 e. The van der Waals surface area contributed by atoms with E-state index in [1.54, 1.807) is 14.2 Å². The predicted octanol–water partition coefficient (Wildman–Crippen LogP) is 4.18. The molecule has 3 heterocycles. The largest absolute Gasteiger partial charge is 0.497 e. The number of carbonyl (C=O) groups excluding carboxylic acids is 1. The number of rotatable bonds is 5. The maximum absolute atomic E-state index is 13.4. The molecule has 2 N–H and O–H groups in total. The summed E-state index contributed by atoms with van der Waals surface area (Å²) in [5, 5.41) is 6.82. The Bertz CT molecular complexity index is 1120. The smallest absolute Gasteiger partial charge is 0.250 e. The molecule has 5 rings (SSSR count). The van der Waals surface area contributed by atoms with E-state index >= 15 is 0 Å². The molecule has 3 aliphatic heterocycles. The number of methoxy groups -OCH3 is 2. The normalized spacial score (nSPS) is 22.9. The average Bonchev–Trinajstić information content (AvgIpc) is 3.31. The van der Waals surface area contributed by atoms with Crippen LogP contribution >= 0.6 is 0 Å². The fourth-order valence-electron chi connectivity index (χ4n) is 5.18.